The van der Waals surface area contributed by atoms with Gasteiger partial charge in [0.05, 0.1) is 6.61 Å². The molecule has 0 atom stereocenters. The van der Waals surface area contributed by atoms with E-state index in [0.717, 1.165) is 0 Å². The molecule has 0 heterocycles. The second-order valence-electron chi connectivity index (χ2n) is 5.08. The van der Waals surface area contributed by atoms with Crippen LogP contribution < -0.4 is 0 Å². The summed E-state index contributed by atoms with van der Waals surface area (Å²) in [7, 11) is 0. The Morgan fingerprint density at radius 3 is 1.35 bits per heavy atom. The Morgan fingerprint density at radius 2 is 1.08 bits per heavy atom. The molecular formula is C12H13F13O. The lowest BCUT2D eigenvalue weighted by Gasteiger charge is -2.34. The van der Waals surface area contributed by atoms with Gasteiger partial charge in [0, 0.05) is 0 Å². The smallest absolute Gasteiger partial charge is 0.374 e. The third-order valence-corrected chi connectivity index (χ3v) is 3.11. The molecule has 0 fully saturated rings. The van der Waals surface area contributed by atoms with Crippen LogP contribution in [0.5, 0.6) is 0 Å². The van der Waals surface area contributed by atoms with Crippen molar-refractivity contribution in [3.05, 3.63) is 12.2 Å². The van der Waals surface area contributed by atoms with Crippen LogP contribution >= 0.6 is 0 Å². The van der Waals surface area contributed by atoms with Gasteiger partial charge in [-0.1, -0.05) is 14.0 Å². The second kappa shape index (κ2) is 7.43. The Bertz CT molecular complexity index is 469. The van der Waals surface area contributed by atoms with Gasteiger partial charge in [0.2, 0.25) is 0 Å². The van der Waals surface area contributed by atoms with Crippen molar-refractivity contribution < 1.29 is 61.8 Å². The fraction of sp³-hybridized carbons (Fsp3) is 0.833. The van der Waals surface area contributed by atoms with Gasteiger partial charge in [-0.15, -0.1) is 0 Å². The molecular weight excluding hydrogens is 407 g/mol. The number of rotatable bonds is 6. The highest BCUT2D eigenvalue weighted by atomic mass is 19.4. The molecule has 0 aromatic carbocycles. The van der Waals surface area contributed by atoms with Crippen LogP contribution in [0.15, 0.2) is 12.2 Å². The molecule has 26 heavy (non-hydrogen) atoms. The van der Waals surface area contributed by atoms with Crippen molar-refractivity contribution in [2.24, 2.45) is 5.41 Å². The zero-order valence-electron chi connectivity index (χ0n) is 11.9. The molecule has 0 aliphatic carbocycles. The van der Waals surface area contributed by atoms with E-state index in [1.165, 1.54) is 0 Å². The van der Waals surface area contributed by atoms with Crippen LogP contribution in [0.3, 0.4) is 0 Å². The number of hydrogen-bond acceptors (Lipinski definition) is 1. The minimum absolute atomic E-state index is 0. The van der Waals surface area contributed by atoms with Gasteiger partial charge >= 0.3 is 30.4 Å². The zero-order valence-corrected chi connectivity index (χ0v) is 11.9. The van der Waals surface area contributed by atoms with Gasteiger partial charge in [-0.05, 0) is 6.92 Å². The molecule has 0 spiro atoms. The molecule has 0 bridgehead atoms. The van der Waals surface area contributed by atoms with Crippen molar-refractivity contribution in [1.29, 1.82) is 0 Å². The number of allylic oxidation sites excluding steroid dienone is 1. The fourth-order valence-corrected chi connectivity index (χ4v) is 1.20. The zero-order chi connectivity index (χ0) is 20.7. The van der Waals surface area contributed by atoms with Crippen LogP contribution in [-0.4, -0.2) is 43.6 Å². The summed E-state index contributed by atoms with van der Waals surface area (Å²) in [5.41, 5.74) is -7.94. The molecule has 0 N–H and O–H groups in total. The van der Waals surface area contributed by atoms with E-state index in [-0.39, 0.29) is 7.43 Å². The van der Waals surface area contributed by atoms with Crippen LogP contribution in [0.1, 0.15) is 14.4 Å². The molecule has 0 unspecified atom stereocenters. The van der Waals surface area contributed by atoms with E-state index < -0.39 is 61.5 Å². The molecule has 0 aliphatic heterocycles. The summed E-state index contributed by atoms with van der Waals surface area (Å²) >= 11 is 0. The van der Waals surface area contributed by atoms with Crippen molar-refractivity contribution in [3.63, 3.8) is 0 Å². The highest BCUT2D eigenvalue weighted by Crippen LogP contribution is 2.51. The summed E-state index contributed by atoms with van der Waals surface area (Å²) in [5, 5.41) is 0. The Hall–Kier alpha value is -1.21. The van der Waals surface area contributed by atoms with Crippen molar-refractivity contribution in [2.45, 2.75) is 44.7 Å². The molecule has 0 aromatic heterocycles. The van der Waals surface area contributed by atoms with Gasteiger partial charge in [0.15, 0.2) is 5.41 Å². The molecule has 0 amide bonds. The Labute approximate surface area is 138 Å². The quantitative estimate of drug-likeness (QED) is 0.370. The van der Waals surface area contributed by atoms with Crippen molar-refractivity contribution in [1.82, 2.24) is 0 Å². The molecule has 158 valence electrons. The third kappa shape index (κ3) is 5.16. The van der Waals surface area contributed by atoms with Crippen molar-refractivity contribution in [3.8, 4) is 0 Å². The number of alkyl halides is 13. The SMILES string of the molecule is C.C=C(C(F)(F)F)C(F)(F)C(F)(F)COCC(C)(C(F)(F)F)C(F)(F)F. The monoisotopic (exact) mass is 420 g/mol. The van der Waals surface area contributed by atoms with E-state index in [1.54, 1.807) is 6.58 Å². The molecule has 0 radical (unpaired) electrons. The van der Waals surface area contributed by atoms with Gasteiger partial charge in [0.25, 0.3) is 0 Å². The number of halogens is 13. The molecule has 0 aliphatic rings. The van der Waals surface area contributed by atoms with E-state index in [1.807, 2.05) is 0 Å². The molecule has 0 saturated heterocycles. The van der Waals surface area contributed by atoms with Gasteiger partial charge in [-0.2, -0.15) is 57.1 Å². The van der Waals surface area contributed by atoms with Crippen LogP contribution in [0.4, 0.5) is 57.1 Å². The largest absolute Gasteiger partial charge is 0.418 e. The summed E-state index contributed by atoms with van der Waals surface area (Å²) in [6.45, 7) is -4.16. The lowest BCUT2D eigenvalue weighted by molar-refractivity contribution is -0.349. The number of ether oxygens (including phenoxy) is 1. The van der Waals surface area contributed by atoms with Gasteiger partial charge < -0.3 is 4.74 Å². The minimum Gasteiger partial charge on any atom is -0.374 e. The van der Waals surface area contributed by atoms with E-state index in [9.17, 15) is 57.1 Å². The standard InChI is InChI=1S/C11H9F13O.CH4/c1-5(9(16,17)18)8(14,15)7(12,13)4-25-3-6(2,10(19,20)21)11(22,23)24;/h1,3-4H2,2H3;1H4. The second-order valence-corrected chi connectivity index (χ2v) is 5.08. The molecule has 14 heteroatoms. The van der Waals surface area contributed by atoms with Gasteiger partial charge in [-0.25, -0.2) is 0 Å². The Morgan fingerprint density at radius 1 is 0.731 bits per heavy atom. The average molecular weight is 420 g/mol. The lowest BCUT2D eigenvalue weighted by Crippen LogP contribution is -2.53. The summed E-state index contributed by atoms with van der Waals surface area (Å²) < 4.78 is 167. The van der Waals surface area contributed by atoms with Gasteiger partial charge in [-0.3, -0.25) is 0 Å². The van der Waals surface area contributed by atoms with E-state index >= 15 is 0 Å². The summed E-state index contributed by atoms with van der Waals surface area (Å²) in [4.78, 5) is 0. The molecule has 0 saturated carbocycles. The highest BCUT2D eigenvalue weighted by Gasteiger charge is 2.69. The average Bonchev–Trinajstić information content (AvgIpc) is 2.33. The maximum absolute atomic E-state index is 13.2. The van der Waals surface area contributed by atoms with Crippen LogP contribution in [0, 0.1) is 5.41 Å². The maximum atomic E-state index is 13.2. The van der Waals surface area contributed by atoms with Crippen LogP contribution in [0.25, 0.3) is 0 Å². The van der Waals surface area contributed by atoms with Crippen LogP contribution in [-0.2, 0) is 4.74 Å². The van der Waals surface area contributed by atoms with Crippen molar-refractivity contribution >= 4 is 0 Å². The number of hydrogen-bond donors (Lipinski definition) is 0. The molecule has 0 aromatic rings. The maximum Gasteiger partial charge on any atom is 0.418 e. The normalized spacial score (nSPS) is 14.8. The van der Waals surface area contributed by atoms with Gasteiger partial charge in [0.1, 0.15) is 12.2 Å². The van der Waals surface area contributed by atoms with E-state index in [0.29, 0.717) is 0 Å². The predicted molar refractivity (Wildman–Crippen MR) is 62.9 cm³/mol. The summed E-state index contributed by atoms with van der Waals surface area (Å²) in [6, 6.07) is 0. The first-order valence-electron chi connectivity index (χ1n) is 5.84. The third-order valence-electron chi connectivity index (χ3n) is 3.11. The summed E-state index contributed by atoms with van der Waals surface area (Å²) in [5.74, 6) is -11.8. The topological polar surface area (TPSA) is 9.23 Å². The van der Waals surface area contributed by atoms with E-state index in [4.69, 9.17) is 0 Å². The lowest BCUT2D eigenvalue weighted by atomic mass is 9.90. The minimum atomic E-state index is -6.06. The Balaban J connectivity index is 0. The predicted octanol–water partition coefficient (Wildman–Crippen LogP) is 6.16. The molecule has 1 nitrogen and oxygen atoms in total. The Kier molecular flexibility index (Phi) is 7.72. The van der Waals surface area contributed by atoms with E-state index in [2.05, 4.69) is 4.74 Å². The van der Waals surface area contributed by atoms with Crippen molar-refractivity contribution in [2.75, 3.05) is 13.2 Å². The first-order chi connectivity index (χ1) is 10.6. The van der Waals surface area contributed by atoms with Crippen LogP contribution in [0.2, 0.25) is 0 Å². The first kappa shape index (κ1) is 27.0. The highest BCUT2D eigenvalue weighted by molar-refractivity contribution is 5.18. The fourth-order valence-electron chi connectivity index (χ4n) is 1.20. The molecule has 0 rings (SSSR count). The first-order valence-corrected chi connectivity index (χ1v) is 5.84. The summed E-state index contributed by atoms with van der Waals surface area (Å²) in [6.07, 6.45) is -18.1.